The van der Waals surface area contributed by atoms with Gasteiger partial charge < -0.3 is 16.1 Å². The minimum atomic E-state index is -0.621. The van der Waals surface area contributed by atoms with Crippen LogP contribution in [-0.4, -0.2) is 33.9 Å². The SMILES string of the molecule is CC(NC(=O)c1cncc(NN)n1)C(=O)NC1CC1. The van der Waals surface area contributed by atoms with Gasteiger partial charge in [-0.25, -0.2) is 10.8 Å². The molecule has 5 N–H and O–H groups in total. The van der Waals surface area contributed by atoms with Crippen molar-refractivity contribution in [3.05, 3.63) is 18.1 Å². The Morgan fingerprint density at radius 2 is 2.16 bits per heavy atom. The molecule has 1 unspecified atom stereocenters. The lowest BCUT2D eigenvalue weighted by molar-refractivity contribution is -0.122. The smallest absolute Gasteiger partial charge is 0.272 e. The number of amides is 2. The molecule has 0 bridgehead atoms. The lowest BCUT2D eigenvalue weighted by Gasteiger charge is -2.13. The van der Waals surface area contributed by atoms with Gasteiger partial charge in [-0.15, -0.1) is 0 Å². The van der Waals surface area contributed by atoms with Crippen molar-refractivity contribution in [3.63, 3.8) is 0 Å². The average molecular weight is 264 g/mol. The van der Waals surface area contributed by atoms with Gasteiger partial charge in [-0.3, -0.25) is 14.6 Å². The average Bonchev–Trinajstić information content (AvgIpc) is 3.22. The third kappa shape index (κ3) is 3.62. The molecule has 8 heteroatoms. The lowest BCUT2D eigenvalue weighted by Crippen LogP contribution is -2.45. The van der Waals surface area contributed by atoms with Crippen LogP contribution in [0.25, 0.3) is 0 Å². The van der Waals surface area contributed by atoms with Crippen LogP contribution in [0.3, 0.4) is 0 Å². The Balaban J connectivity index is 1.93. The molecule has 2 rings (SSSR count). The molecule has 1 atom stereocenters. The van der Waals surface area contributed by atoms with E-state index in [1.807, 2.05) is 0 Å². The van der Waals surface area contributed by atoms with Crippen molar-refractivity contribution in [1.29, 1.82) is 0 Å². The minimum Gasteiger partial charge on any atom is -0.352 e. The van der Waals surface area contributed by atoms with Crippen LogP contribution < -0.4 is 21.9 Å². The summed E-state index contributed by atoms with van der Waals surface area (Å²) in [5, 5.41) is 5.37. The molecule has 0 aromatic carbocycles. The van der Waals surface area contributed by atoms with E-state index in [-0.39, 0.29) is 23.5 Å². The van der Waals surface area contributed by atoms with Crippen LogP contribution in [0.4, 0.5) is 5.82 Å². The fourth-order valence-electron chi connectivity index (χ4n) is 1.43. The Labute approximate surface area is 110 Å². The molecule has 8 nitrogen and oxygen atoms in total. The van der Waals surface area contributed by atoms with Gasteiger partial charge in [0.05, 0.1) is 12.4 Å². The molecule has 19 heavy (non-hydrogen) atoms. The summed E-state index contributed by atoms with van der Waals surface area (Å²) in [6.45, 7) is 1.62. The number of anilines is 1. The molecule has 1 aromatic rings. The molecule has 1 heterocycles. The van der Waals surface area contributed by atoms with Crippen molar-refractivity contribution < 1.29 is 9.59 Å². The summed E-state index contributed by atoms with van der Waals surface area (Å²) < 4.78 is 0. The number of hydrogen-bond donors (Lipinski definition) is 4. The summed E-state index contributed by atoms with van der Waals surface area (Å²) in [4.78, 5) is 31.3. The number of carbonyl (C=O) groups is 2. The van der Waals surface area contributed by atoms with E-state index in [2.05, 4.69) is 26.0 Å². The first kappa shape index (κ1) is 13.2. The maximum absolute atomic E-state index is 11.9. The second kappa shape index (κ2) is 5.61. The van der Waals surface area contributed by atoms with Crippen molar-refractivity contribution >= 4 is 17.6 Å². The van der Waals surface area contributed by atoms with E-state index in [1.165, 1.54) is 12.4 Å². The third-order valence-electron chi connectivity index (χ3n) is 2.68. The van der Waals surface area contributed by atoms with Crippen molar-refractivity contribution in [2.45, 2.75) is 31.8 Å². The van der Waals surface area contributed by atoms with Crippen molar-refractivity contribution in [3.8, 4) is 0 Å². The van der Waals surface area contributed by atoms with Gasteiger partial charge >= 0.3 is 0 Å². The van der Waals surface area contributed by atoms with Gasteiger partial charge in [0, 0.05) is 6.04 Å². The number of nitrogens with two attached hydrogens (primary N) is 1. The van der Waals surface area contributed by atoms with Crippen molar-refractivity contribution in [2.24, 2.45) is 5.84 Å². The Morgan fingerprint density at radius 3 is 2.79 bits per heavy atom. The number of aromatic nitrogens is 2. The molecule has 1 aliphatic carbocycles. The molecule has 1 aromatic heterocycles. The maximum atomic E-state index is 11.9. The molecule has 0 saturated heterocycles. The zero-order chi connectivity index (χ0) is 13.8. The molecule has 2 amide bonds. The van der Waals surface area contributed by atoms with Gasteiger partial charge in [0.25, 0.3) is 5.91 Å². The molecule has 1 fully saturated rings. The van der Waals surface area contributed by atoms with E-state index < -0.39 is 11.9 Å². The Hall–Kier alpha value is -2.22. The molecule has 102 valence electrons. The highest BCUT2D eigenvalue weighted by Crippen LogP contribution is 2.18. The molecular formula is C11H16N6O2. The van der Waals surface area contributed by atoms with Gasteiger partial charge in [0.2, 0.25) is 5.91 Å². The van der Waals surface area contributed by atoms with E-state index in [4.69, 9.17) is 5.84 Å². The van der Waals surface area contributed by atoms with E-state index in [9.17, 15) is 9.59 Å². The number of rotatable bonds is 5. The van der Waals surface area contributed by atoms with Gasteiger partial charge in [0.1, 0.15) is 11.7 Å². The minimum absolute atomic E-state index is 0.0986. The second-order valence-electron chi connectivity index (χ2n) is 4.41. The maximum Gasteiger partial charge on any atom is 0.272 e. The quantitative estimate of drug-likeness (QED) is 0.406. The fraction of sp³-hybridized carbons (Fsp3) is 0.455. The van der Waals surface area contributed by atoms with E-state index in [0.29, 0.717) is 0 Å². The van der Waals surface area contributed by atoms with Crippen molar-refractivity contribution in [1.82, 2.24) is 20.6 Å². The lowest BCUT2D eigenvalue weighted by atomic mass is 10.3. The zero-order valence-electron chi connectivity index (χ0n) is 10.5. The number of nitrogens with one attached hydrogen (secondary N) is 3. The number of carbonyl (C=O) groups excluding carboxylic acids is 2. The normalized spacial score (nSPS) is 15.5. The molecule has 0 aliphatic heterocycles. The van der Waals surface area contributed by atoms with Gasteiger partial charge in [-0.05, 0) is 19.8 Å². The first-order valence-electron chi connectivity index (χ1n) is 6.00. The standard InChI is InChI=1S/C11H16N6O2/c1-6(10(18)15-7-2-3-7)14-11(19)8-4-13-5-9(16-8)17-12/h4-7H,2-3,12H2,1H3,(H,14,19)(H,15,18)(H,16,17). The van der Waals surface area contributed by atoms with E-state index in [1.54, 1.807) is 6.92 Å². The van der Waals surface area contributed by atoms with Crippen LogP contribution in [0.5, 0.6) is 0 Å². The fourth-order valence-corrected chi connectivity index (χ4v) is 1.43. The summed E-state index contributed by atoms with van der Waals surface area (Å²) in [5.41, 5.74) is 2.40. The third-order valence-corrected chi connectivity index (χ3v) is 2.68. The van der Waals surface area contributed by atoms with Gasteiger partial charge in [-0.1, -0.05) is 0 Å². The van der Waals surface area contributed by atoms with Crippen LogP contribution in [0, 0.1) is 0 Å². The summed E-state index contributed by atoms with van der Waals surface area (Å²) in [7, 11) is 0. The first-order chi connectivity index (χ1) is 9.10. The van der Waals surface area contributed by atoms with E-state index >= 15 is 0 Å². The summed E-state index contributed by atoms with van der Waals surface area (Å²) in [5.74, 6) is 4.80. The number of hydrogen-bond acceptors (Lipinski definition) is 6. The molecule has 1 aliphatic rings. The van der Waals surface area contributed by atoms with Gasteiger partial charge in [0.15, 0.2) is 5.82 Å². The molecule has 0 radical (unpaired) electrons. The molecule has 1 saturated carbocycles. The summed E-state index contributed by atoms with van der Waals surface area (Å²) in [6.07, 6.45) is 4.70. The number of hydrazine groups is 1. The Morgan fingerprint density at radius 1 is 1.42 bits per heavy atom. The highest BCUT2D eigenvalue weighted by atomic mass is 16.2. The second-order valence-corrected chi connectivity index (χ2v) is 4.41. The first-order valence-corrected chi connectivity index (χ1v) is 6.00. The van der Waals surface area contributed by atoms with Crippen LogP contribution in [0.15, 0.2) is 12.4 Å². The zero-order valence-corrected chi connectivity index (χ0v) is 10.5. The predicted molar refractivity (Wildman–Crippen MR) is 67.9 cm³/mol. The predicted octanol–water partition coefficient (Wildman–Crippen LogP) is -0.841. The summed E-state index contributed by atoms with van der Waals surface area (Å²) >= 11 is 0. The monoisotopic (exact) mass is 264 g/mol. The highest BCUT2D eigenvalue weighted by molar-refractivity contribution is 5.96. The van der Waals surface area contributed by atoms with Crippen LogP contribution >= 0.6 is 0 Å². The van der Waals surface area contributed by atoms with Gasteiger partial charge in [-0.2, -0.15) is 0 Å². The summed E-state index contributed by atoms with van der Waals surface area (Å²) in [6, 6.07) is -0.360. The Bertz CT molecular complexity index is 488. The van der Waals surface area contributed by atoms with E-state index in [0.717, 1.165) is 12.8 Å². The molecule has 0 spiro atoms. The number of nitrogen functional groups attached to an aromatic ring is 1. The highest BCUT2D eigenvalue weighted by Gasteiger charge is 2.26. The van der Waals surface area contributed by atoms with Crippen LogP contribution in [-0.2, 0) is 4.79 Å². The topological polar surface area (TPSA) is 122 Å². The largest absolute Gasteiger partial charge is 0.352 e. The van der Waals surface area contributed by atoms with Crippen LogP contribution in [0.2, 0.25) is 0 Å². The number of nitrogens with zero attached hydrogens (tertiary/aromatic N) is 2. The van der Waals surface area contributed by atoms with Crippen molar-refractivity contribution in [2.75, 3.05) is 5.43 Å². The van der Waals surface area contributed by atoms with Crippen LogP contribution in [0.1, 0.15) is 30.3 Å². The molecular weight excluding hydrogens is 248 g/mol. The Kier molecular flexibility index (Phi) is 3.91.